The largest absolute Gasteiger partial charge is 0.619 e. The van der Waals surface area contributed by atoms with E-state index < -0.39 is 0 Å². The predicted octanol–water partition coefficient (Wildman–Crippen LogP) is 3.33. The van der Waals surface area contributed by atoms with Crippen LogP contribution in [-0.2, 0) is 6.42 Å². The number of unbranched alkanes of at least 4 members (excludes halogenated alkanes) is 5. The third-order valence-electron chi connectivity index (χ3n) is 3.50. The van der Waals surface area contributed by atoms with Crippen molar-refractivity contribution in [3.63, 3.8) is 0 Å². The highest BCUT2D eigenvalue weighted by Gasteiger charge is 2.11. The van der Waals surface area contributed by atoms with Crippen LogP contribution in [0.2, 0.25) is 0 Å². The first-order valence-corrected chi connectivity index (χ1v) is 8.83. The van der Waals surface area contributed by atoms with Gasteiger partial charge in [0.25, 0.3) is 5.91 Å². The minimum atomic E-state index is -0.284. The standard InChI is InChI=1S/C16H22N4O2S/c1-2-3-4-5-6-7-8-14-18-19-16(23-14)17-15(21)13-9-11-20(22)12-10-13/h9-12H,2-8H2,1H3,(H,17,19,21). The minimum Gasteiger partial charge on any atom is -0.619 e. The van der Waals surface area contributed by atoms with Crippen LogP contribution in [0.15, 0.2) is 24.5 Å². The van der Waals surface area contributed by atoms with Crippen molar-refractivity contribution in [1.29, 1.82) is 0 Å². The summed E-state index contributed by atoms with van der Waals surface area (Å²) in [6, 6.07) is 2.95. The van der Waals surface area contributed by atoms with Crippen molar-refractivity contribution in [2.45, 2.75) is 51.9 Å². The summed E-state index contributed by atoms with van der Waals surface area (Å²) in [4.78, 5) is 12.0. The number of hydrogen-bond donors (Lipinski definition) is 1. The zero-order valence-corrected chi connectivity index (χ0v) is 14.1. The second kappa shape index (κ2) is 9.19. The number of amides is 1. The number of nitrogens with zero attached hydrogens (tertiary/aromatic N) is 3. The molecular weight excluding hydrogens is 312 g/mol. The number of aromatic nitrogens is 3. The highest BCUT2D eigenvalue weighted by atomic mass is 32.1. The zero-order valence-electron chi connectivity index (χ0n) is 13.3. The summed E-state index contributed by atoms with van der Waals surface area (Å²) in [7, 11) is 0. The van der Waals surface area contributed by atoms with Gasteiger partial charge in [-0.1, -0.05) is 50.4 Å². The summed E-state index contributed by atoms with van der Waals surface area (Å²) in [5.74, 6) is -0.284. The maximum absolute atomic E-state index is 12.0. The number of carbonyl (C=O) groups is 1. The number of hydrogen-bond acceptors (Lipinski definition) is 5. The Morgan fingerprint density at radius 1 is 1.17 bits per heavy atom. The summed E-state index contributed by atoms with van der Waals surface area (Å²) in [5, 5.41) is 23.2. The first-order valence-electron chi connectivity index (χ1n) is 8.01. The molecule has 0 radical (unpaired) electrons. The third-order valence-corrected chi connectivity index (χ3v) is 4.39. The molecule has 0 aliphatic rings. The molecule has 0 saturated carbocycles. The average Bonchev–Trinajstić information content (AvgIpc) is 2.98. The molecule has 2 heterocycles. The smallest absolute Gasteiger partial charge is 0.257 e. The number of carbonyl (C=O) groups excluding carboxylic acids is 1. The molecule has 0 aliphatic heterocycles. The fourth-order valence-electron chi connectivity index (χ4n) is 2.20. The Balaban J connectivity index is 1.76. The Kier molecular flexibility index (Phi) is 6.93. The lowest BCUT2D eigenvalue weighted by atomic mass is 10.1. The van der Waals surface area contributed by atoms with E-state index in [0.717, 1.165) is 17.8 Å². The number of nitrogens with one attached hydrogen (secondary N) is 1. The first kappa shape index (κ1) is 17.3. The van der Waals surface area contributed by atoms with E-state index in [1.54, 1.807) is 0 Å². The van der Waals surface area contributed by atoms with Gasteiger partial charge in [-0.2, -0.15) is 4.73 Å². The van der Waals surface area contributed by atoms with E-state index in [1.807, 2.05) is 0 Å². The van der Waals surface area contributed by atoms with E-state index in [9.17, 15) is 10.0 Å². The van der Waals surface area contributed by atoms with Gasteiger partial charge >= 0.3 is 0 Å². The molecule has 0 aromatic carbocycles. The molecule has 0 unspecified atom stereocenters. The molecule has 2 aromatic rings. The molecule has 23 heavy (non-hydrogen) atoms. The molecule has 2 rings (SSSR count). The zero-order chi connectivity index (χ0) is 16.5. The summed E-state index contributed by atoms with van der Waals surface area (Å²) in [6.07, 6.45) is 10.9. The van der Waals surface area contributed by atoms with Crippen molar-refractivity contribution in [2.75, 3.05) is 5.32 Å². The van der Waals surface area contributed by atoms with Gasteiger partial charge in [-0.15, -0.1) is 10.2 Å². The second-order valence-electron chi connectivity index (χ2n) is 5.42. The van der Waals surface area contributed by atoms with Crippen molar-refractivity contribution in [3.8, 4) is 0 Å². The van der Waals surface area contributed by atoms with Gasteiger partial charge in [0.05, 0.1) is 5.56 Å². The van der Waals surface area contributed by atoms with Crippen LogP contribution in [0, 0.1) is 5.21 Å². The van der Waals surface area contributed by atoms with Gasteiger partial charge in [0.15, 0.2) is 12.4 Å². The maximum Gasteiger partial charge on any atom is 0.257 e. The molecule has 7 heteroatoms. The molecule has 0 saturated heterocycles. The van der Waals surface area contributed by atoms with Gasteiger partial charge in [0.2, 0.25) is 5.13 Å². The Morgan fingerprint density at radius 3 is 2.61 bits per heavy atom. The van der Waals surface area contributed by atoms with E-state index in [-0.39, 0.29) is 5.91 Å². The molecular formula is C16H22N4O2S. The van der Waals surface area contributed by atoms with Crippen LogP contribution in [0.1, 0.15) is 60.8 Å². The molecule has 0 fully saturated rings. The van der Waals surface area contributed by atoms with Crippen molar-refractivity contribution in [1.82, 2.24) is 10.2 Å². The summed E-state index contributed by atoms with van der Waals surface area (Å²) < 4.78 is 0.639. The molecule has 1 amide bonds. The van der Waals surface area contributed by atoms with Gasteiger partial charge in [-0.05, 0) is 6.42 Å². The molecule has 0 bridgehead atoms. The van der Waals surface area contributed by atoms with Crippen LogP contribution in [0.4, 0.5) is 5.13 Å². The molecule has 0 spiro atoms. The SMILES string of the molecule is CCCCCCCCc1nnc(NC(=O)c2cc[n+]([O-])cc2)s1. The van der Waals surface area contributed by atoms with Gasteiger partial charge in [-0.25, -0.2) is 0 Å². The topological polar surface area (TPSA) is 81.8 Å². The molecule has 6 nitrogen and oxygen atoms in total. The number of rotatable bonds is 9. The van der Waals surface area contributed by atoms with Crippen molar-refractivity contribution < 1.29 is 9.52 Å². The summed E-state index contributed by atoms with van der Waals surface area (Å²) in [5.41, 5.74) is 0.421. The van der Waals surface area contributed by atoms with Crippen molar-refractivity contribution in [3.05, 3.63) is 40.3 Å². The van der Waals surface area contributed by atoms with Crippen LogP contribution < -0.4 is 10.0 Å². The summed E-state index contributed by atoms with van der Waals surface area (Å²) >= 11 is 1.41. The lowest BCUT2D eigenvalue weighted by Crippen LogP contribution is -2.25. The third kappa shape index (κ3) is 5.94. The fourth-order valence-corrected chi connectivity index (χ4v) is 2.97. The quantitative estimate of drug-likeness (QED) is 0.433. The Morgan fingerprint density at radius 2 is 1.87 bits per heavy atom. The highest BCUT2D eigenvalue weighted by Crippen LogP contribution is 2.18. The number of anilines is 1. The predicted molar refractivity (Wildman–Crippen MR) is 90.3 cm³/mol. The number of aryl methyl sites for hydroxylation is 1. The van der Waals surface area contributed by atoms with E-state index in [2.05, 4.69) is 22.4 Å². The molecule has 0 aliphatic carbocycles. The average molecular weight is 334 g/mol. The Labute approximate surface area is 140 Å². The van der Waals surface area contributed by atoms with Crippen LogP contribution in [-0.4, -0.2) is 16.1 Å². The van der Waals surface area contributed by atoms with Crippen molar-refractivity contribution >= 4 is 22.4 Å². The first-order chi connectivity index (χ1) is 11.2. The van der Waals surface area contributed by atoms with E-state index in [1.165, 1.54) is 68.0 Å². The number of pyridine rings is 1. The van der Waals surface area contributed by atoms with Crippen LogP contribution in [0.3, 0.4) is 0 Å². The normalized spacial score (nSPS) is 10.7. The molecule has 0 atom stereocenters. The monoisotopic (exact) mass is 334 g/mol. The van der Waals surface area contributed by atoms with E-state index >= 15 is 0 Å². The Hall–Kier alpha value is -2.02. The van der Waals surface area contributed by atoms with E-state index in [0.29, 0.717) is 15.4 Å². The lowest BCUT2D eigenvalue weighted by Gasteiger charge is -2.00. The minimum absolute atomic E-state index is 0.284. The summed E-state index contributed by atoms with van der Waals surface area (Å²) in [6.45, 7) is 2.21. The second-order valence-corrected chi connectivity index (χ2v) is 6.48. The van der Waals surface area contributed by atoms with Gasteiger partial charge < -0.3 is 5.21 Å². The van der Waals surface area contributed by atoms with Gasteiger partial charge in [-0.3, -0.25) is 10.1 Å². The van der Waals surface area contributed by atoms with Gasteiger partial charge in [0.1, 0.15) is 5.01 Å². The van der Waals surface area contributed by atoms with Gasteiger partial charge in [0, 0.05) is 18.6 Å². The van der Waals surface area contributed by atoms with E-state index in [4.69, 9.17) is 0 Å². The van der Waals surface area contributed by atoms with Crippen LogP contribution >= 0.6 is 11.3 Å². The maximum atomic E-state index is 12.0. The highest BCUT2D eigenvalue weighted by molar-refractivity contribution is 7.15. The van der Waals surface area contributed by atoms with Crippen LogP contribution in [0.25, 0.3) is 0 Å². The lowest BCUT2D eigenvalue weighted by molar-refractivity contribution is -0.605. The fraction of sp³-hybridized carbons (Fsp3) is 0.500. The molecule has 124 valence electrons. The van der Waals surface area contributed by atoms with Crippen molar-refractivity contribution in [2.24, 2.45) is 0 Å². The Bertz CT molecular complexity index is 613. The van der Waals surface area contributed by atoms with Crippen LogP contribution in [0.5, 0.6) is 0 Å². The molecule has 1 N–H and O–H groups in total. The molecule has 2 aromatic heterocycles.